The third-order valence-corrected chi connectivity index (χ3v) is 5.24. The maximum Gasteiger partial charge on any atom is 0.240 e. The maximum atomic E-state index is 12.7. The lowest BCUT2D eigenvalue weighted by Gasteiger charge is -2.16. The van der Waals surface area contributed by atoms with Crippen molar-refractivity contribution in [3.63, 3.8) is 0 Å². The average Bonchev–Trinajstić information content (AvgIpc) is 3.47. The Labute approximate surface area is 160 Å². The SMILES string of the molecule is COc1ccc(CCNC(=O)C2(C(=O)Nc3ccc(C)c(C)c3)CC2)cc1. The van der Waals surface area contributed by atoms with E-state index in [1.165, 1.54) is 5.56 Å². The van der Waals surface area contributed by atoms with Gasteiger partial charge in [0, 0.05) is 12.2 Å². The van der Waals surface area contributed by atoms with Gasteiger partial charge in [-0.1, -0.05) is 18.2 Å². The van der Waals surface area contributed by atoms with E-state index in [1.54, 1.807) is 7.11 Å². The van der Waals surface area contributed by atoms with Gasteiger partial charge in [-0.3, -0.25) is 9.59 Å². The Balaban J connectivity index is 1.53. The molecule has 0 aromatic heterocycles. The van der Waals surface area contributed by atoms with Crippen molar-refractivity contribution in [3.05, 3.63) is 59.2 Å². The van der Waals surface area contributed by atoms with Crippen molar-refractivity contribution >= 4 is 17.5 Å². The topological polar surface area (TPSA) is 67.4 Å². The molecule has 0 spiro atoms. The van der Waals surface area contributed by atoms with Crippen molar-refractivity contribution in [1.29, 1.82) is 0 Å². The molecule has 0 atom stereocenters. The molecule has 5 nitrogen and oxygen atoms in total. The molecule has 0 radical (unpaired) electrons. The molecule has 1 aliphatic carbocycles. The molecule has 1 fully saturated rings. The highest BCUT2D eigenvalue weighted by Crippen LogP contribution is 2.46. The van der Waals surface area contributed by atoms with E-state index < -0.39 is 5.41 Å². The molecule has 27 heavy (non-hydrogen) atoms. The van der Waals surface area contributed by atoms with Crippen LogP contribution in [0.3, 0.4) is 0 Å². The number of carbonyl (C=O) groups is 2. The summed E-state index contributed by atoms with van der Waals surface area (Å²) in [6.07, 6.45) is 1.90. The quantitative estimate of drug-likeness (QED) is 0.738. The molecule has 1 aliphatic rings. The normalized spacial score (nSPS) is 14.3. The predicted octanol–water partition coefficient (Wildman–Crippen LogP) is 3.39. The lowest BCUT2D eigenvalue weighted by molar-refractivity contribution is -0.134. The Morgan fingerprint density at radius 3 is 2.30 bits per heavy atom. The van der Waals surface area contributed by atoms with Crippen LogP contribution >= 0.6 is 0 Å². The summed E-state index contributed by atoms with van der Waals surface area (Å²) in [7, 11) is 1.63. The Morgan fingerprint density at radius 2 is 1.70 bits per heavy atom. The molecule has 142 valence electrons. The smallest absolute Gasteiger partial charge is 0.240 e. The molecule has 1 saturated carbocycles. The molecule has 2 aromatic rings. The van der Waals surface area contributed by atoms with Crippen LogP contribution in [0, 0.1) is 19.3 Å². The number of carbonyl (C=O) groups excluding carboxylic acids is 2. The van der Waals surface area contributed by atoms with Gasteiger partial charge in [-0.25, -0.2) is 0 Å². The summed E-state index contributed by atoms with van der Waals surface area (Å²) >= 11 is 0. The summed E-state index contributed by atoms with van der Waals surface area (Å²) < 4.78 is 5.14. The number of hydrogen-bond acceptors (Lipinski definition) is 3. The Kier molecular flexibility index (Phi) is 5.49. The lowest BCUT2D eigenvalue weighted by atomic mass is 10.0. The second-order valence-electron chi connectivity index (χ2n) is 7.19. The lowest BCUT2D eigenvalue weighted by Crippen LogP contribution is -2.40. The number of rotatable bonds is 7. The molecule has 0 bridgehead atoms. The average molecular weight is 366 g/mol. The zero-order valence-electron chi connectivity index (χ0n) is 16.1. The van der Waals surface area contributed by atoms with Gasteiger partial charge in [0.1, 0.15) is 11.2 Å². The van der Waals surface area contributed by atoms with Crippen LogP contribution < -0.4 is 15.4 Å². The third kappa shape index (κ3) is 4.30. The first-order valence-electron chi connectivity index (χ1n) is 9.24. The van der Waals surface area contributed by atoms with Crippen molar-refractivity contribution in [2.75, 3.05) is 19.0 Å². The molecular formula is C22H26N2O3. The Hall–Kier alpha value is -2.82. The number of benzene rings is 2. The molecule has 0 aliphatic heterocycles. The van der Waals surface area contributed by atoms with E-state index in [4.69, 9.17) is 4.74 Å². The Morgan fingerprint density at radius 1 is 1.00 bits per heavy atom. The van der Waals surface area contributed by atoms with Crippen molar-refractivity contribution in [3.8, 4) is 5.75 Å². The van der Waals surface area contributed by atoms with E-state index in [0.717, 1.165) is 22.6 Å². The molecule has 0 saturated heterocycles. The highest BCUT2D eigenvalue weighted by molar-refractivity contribution is 6.13. The molecule has 2 aromatic carbocycles. The van der Waals surface area contributed by atoms with Crippen LogP contribution in [0.25, 0.3) is 0 Å². The number of ether oxygens (including phenoxy) is 1. The zero-order valence-corrected chi connectivity index (χ0v) is 16.1. The van der Waals surface area contributed by atoms with Crippen LogP contribution in [0.1, 0.15) is 29.5 Å². The van der Waals surface area contributed by atoms with Crippen LogP contribution in [0.2, 0.25) is 0 Å². The van der Waals surface area contributed by atoms with Gasteiger partial charge in [-0.15, -0.1) is 0 Å². The first-order valence-corrected chi connectivity index (χ1v) is 9.24. The van der Waals surface area contributed by atoms with Gasteiger partial charge in [0.25, 0.3) is 0 Å². The van der Waals surface area contributed by atoms with E-state index >= 15 is 0 Å². The number of anilines is 1. The fourth-order valence-corrected chi connectivity index (χ4v) is 3.03. The summed E-state index contributed by atoms with van der Waals surface area (Å²) in [6.45, 7) is 4.53. The number of hydrogen-bond donors (Lipinski definition) is 2. The summed E-state index contributed by atoms with van der Waals surface area (Å²) in [4.78, 5) is 25.2. The first-order chi connectivity index (χ1) is 12.9. The number of amides is 2. The standard InChI is InChI=1S/C22H26N2O3/c1-15-4-7-18(14-16(15)2)24-21(26)22(11-12-22)20(25)23-13-10-17-5-8-19(27-3)9-6-17/h4-9,14H,10-13H2,1-3H3,(H,23,25)(H,24,26). The predicted molar refractivity (Wildman–Crippen MR) is 106 cm³/mol. The van der Waals surface area contributed by atoms with Gasteiger partial charge < -0.3 is 15.4 Å². The summed E-state index contributed by atoms with van der Waals surface area (Å²) in [5.74, 6) is 0.410. The van der Waals surface area contributed by atoms with Crippen molar-refractivity contribution in [1.82, 2.24) is 5.32 Å². The van der Waals surface area contributed by atoms with E-state index in [-0.39, 0.29) is 11.8 Å². The molecule has 5 heteroatoms. The van der Waals surface area contributed by atoms with Crippen molar-refractivity contribution in [2.24, 2.45) is 5.41 Å². The summed E-state index contributed by atoms with van der Waals surface area (Å²) in [6, 6.07) is 13.5. The van der Waals surface area contributed by atoms with Crippen molar-refractivity contribution < 1.29 is 14.3 Å². The van der Waals surface area contributed by atoms with Gasteiger partial charge in [-0.05, 0) is 74.1 Å². The summed E-state index contributed by atoms with van der Waals surface area (Å²) in [5.41, 5.74) is 3.21. The monoisotopic (exact) mass is 366 g/mol. The fourth-order valence-electron chi connectivity index (χ4n) is 3.03. The fraction of sp³-hybridized carbons (Fsp3) is 0.364. The van der Waals surface area contributed by atoms with Crippen molar-refractivity contribution in [2.45, 2.75) is 33.1 Å². The molecule has 2 amide bonds. The largest absolute Gasteiger partial charge is 0.497 e. The molecular weight excluding hydrogens is 340 g/mol. The summed E-state index contributed by atoms with van der Waals surface area (Å²) in [5, 5.41) is 5.82. The molecule has 0 unspecified atom stereocenters. The van der Waals surface area contributed by atoms with Gasteiger partial charge in [0.15, 0.2) is 0 Å². The van der Waals surface area contributed by atoms with Crippen LogP contribution in [-0.4, -0.2) is 25.5 Å². The van der Waals surface area contributed by atoms with Crippen LogP contribution in [0.5, 0.6) is 5.75 Å². The number of nitrogens with one attached hydrogen (secondary N) is 2. The third-order valence-electron chi connectivity index (χ3n) is 5.24. The highest BCUT2D eigenvalue weighted by Gasteiger charge is 2.56. The van der Waals surface area contributed by atoms with E-state index in [9.17, 15) is 9.59 Å². The van der Waals surface area contributed by atoms with Gasteiger partial charge in [-0.2, -0.15) is 0 Å². The van der Waals surface area contributed by atoms with Crippen LogP contribution in [0.15, 0.2) is 42.5 Å². The Bertz CT molecular complexity index is 839. The minimum absolute atomic E-state index is 0.183. The molecule has 2 N–H and O–H groups in total. The zero-order chi connectivity index (χ0) is 19.4. The number of aryl methyl sites for hydroxylation is 2. The second kappa shape index (κ2) is 7.82. The van der Waals surface area contributed by atoms with Crippen LogP contribution in [0.4, 0.5) is 5.69 Å². The van der Waals surface area contributed by atoms with E-state index in [1.807, 2.05) is 56.3 Å². The number of methoxy groups -OCH3 is 1. The first kappa shape index (κ1) is 19.0. The molecule has 3 rings (SSSR count). The minimum atomic E-state index is -0.918. The van der Waals surface area contributed by atoms with E-state index in [2.05, 4.69) is 10.6 Å². The highest BCUT2D eigenvalue weighted by atomic mass is 16.5. The van der Waals surface area contributed by atoms with Gasteiger partial charge in [0.05, 0.1) is 7.11 Å². The maximum absolute atomic E-state index is 12.7. The van der Waals surface area contributed by atoms with E-state index in [0.29, 0.717) is 25.8 Å². The second-order valence-corrected chi connectivity index (χ2v) is 7.19. The van der Waals surface area contributed by atoms with Gasteiger partial charge >= 0.3 is 0 Å². The minimum Gasteiger partial charge on any atom is -0.497 e. The molecule has 0 heterocycles. The van der Waals surface area contributed by atoms with Gasteiger partial charge in [0.2, 0.25) is 11.8 Å². The van der Waals surface area contributed by atoms with Crippen LogP contribution in [-0.2, 0) is 16.0 Å².